The van der Waals surface area contributed by atoms with Crippen LogP contribution in [0.1, 0.15) is 51.6 Å². The lowest BCUT2D eigenvalue weighted by Gasteiger charge is -2.40. The van der Waals surface area contributed by atoms with Gasteiger partial charge in [0.2, 0.25) is 0 Å². The van der Waals surface area contributed by atoms with Gasteiger partial charge in [0, 0.05) is 13.0 Å². The quantitative estimate of drug-likeness (QED) is 0.905. The molecular weight excluding hydrogens is 313 g/mol. The fourth-order valence-electron chi connectivity index (χ4n) is 3.01. The number of aliphatic carboxylic acids is 1. The number of hydrogen-bond donors (Lipinski definition) is 1. The molecule has 6 heteroatoms. The topological polar surface area (TPSA) is 66.8 Å². The molecule has 1 aliphatic heterocycles. The lowest BCUT2D eigenvalue weighted by Crippen LogP contribution is -2.44. The molecule has 2 atom stereocenters. The third-order valence-electron chi connectivity index (χ3n) is 4.06. The van der Waals surface area contributed by atoms with Crippen molar-refractivity contribution in [2.45, 2.75) is 51.7 Å². The van der Waals surface area contributed by atoms with Gasteiger partial charge < -0.3 is 14.7 Å². The Labute approximate surface area is 141 Å². The molecule has 0 spiro atoms. The van der Waals surface area contributed by atoms with E-state index in [1.54, 1.807) is 37.8 Å². The van der Waals surface area contributed by atoms with Crippen LogP contribution in [0.3, 0.4) is 0 Å². The van der Waals surface area contributed by atoms with Crippen LogP contribution < -0.4 is 0 Å². The van der Waals surface area contributed by atoms with Crippen LogP contribution in [0.5, 0.6) is 0 Å². The van der Waals surface area contributed by atoms with Gasteiger partial charge >= 0.3 is 12.1 Å². The van der Waals surface area contributed by atoms with Gasteiger partial charge in [-0.3, -0.25) is 4.79 Å². The normalized spacial score (nSPS) is 21.4. The molecule has 5 nitrogen and oxygen atoms in total. The SMILES string of the molecule is CC(C)(C)OC(=O)N1CCC(CC(=O)O)CC1c1ccc(F)cc1. The van der Waals surface area contributed by atoms with Gasteiger partial charge in [-0.05, 0) is 57.2 Å². The van der Waals surface area contributed by atoms with E-state index in [2.05, 4.69) is 0 Å². The zero-order valence-electron chi connectivity index (χ0n) is 14.3. The molecule has 1 fully saturated rings. The number of piperidine rings is 1. The first-order valence-electron chi connectivity index (χ1n) is 8.12. The van der Waals surface area contributed by atoms with Crippen molar-refractivity contribution in [1.82, 2.24) is 4.90 Å². The zero-order valence-corrected chi connectivity index (χ0v) is 14.3. The summed E-state index contributed by atoms with van der Waals surface area (Å²) in [5.74, 6) is -1.21. The van der Waals surface area contributed by atoms with Crippen LogP contribution >= 0.6 is 0 Å². The molecule has 1 amide bonds. The molecule has 0 aromatic heterocycles. The maximum atomic E-state index is 13.2. The number of nitrogens with zero attached hydrogens (tertiary/aromatic N) is 1. The molecule has 0 radical (unpaired) electrons. The summed E-state index contributed by atoms with van der Waals surface area (Å²) in [5, 5.41) is 9.03. The van der Waals surface area contributed by atoms with Crippen LogP contribution in [0.25, 0.3) is 0 Å². The van der Waals surface area contributed by atoms with Crippen LogP contribution in [0, 0.1) is 11.7 Å². The number of carboxylic acid groups (broad SMARTS) is 1. The molecule has 0 aliphatic carbocycles. The molecule has 1 aromatic carbocycles. The van der Waals surface area contributed by atoms with Crippen LogP contribution in [0.15, 0.2) is 24.3 Å². The second kappa shape index (κ2) is 7.20. The molecule has 1 aromatic rings. The lowest BCUT2D eigenvalue weighted by atomic mass is 9.85. The lowest BCUT2D eigenvalue weighted by molar-refractivity contribution is -0.138. The first kappa shape index (κ1) is 18.2. The van der Waals surface area contributed by atoms with E-state index in [4.69, 9.17) is 9.84 Å². The molecule has 0 saturated carbocycles. The molecule has 1 aliphatic rings. The predicted molar refractivity (Wildman–Crippen MR) is 87.1 cm³/mol. The zero-order chi connectivity index (χ0) is 17.9. The summed E-state index contributed by atoms with van der Waals surface area (Å²) < 4.78 is 18.7. The molecular formula is C18H24FNO4. The maximum Gasteiger partial charge on any atom is 0.410 e. The van der Waals surface area contributed by atoms with E-state index >= 15 is 0 Å². The van der Waals surface area contributed by atoms with E-state index in [1.165, 1.54) is 12.1 Å². The summed E-state index contributed by atoms with van der Waals surface area (Å²) >= 11 is 0. The van der Waals surface area contributed by atoms with Crippen molar-refractivity contribution in [3.63, 3.8) is 0 Å². The number of rotatable bonds is 3. The van der Waals surface area contributed by atoms with Crippen LogP contribution in [0.2, 0.25) is 0 Å². The van der Waals surface area contributed by atoms with Gasteiger partial charge in [-0.2, -0.15) is 0 Å². The van der Waals surface area contributed by atoms with Gasteiger partial charge in [0.05, 0.1) is 6.04 Å². The summed E-state index contributed by atoms with van der Waals surface area (Å²) in [6.45, 7) is 5.83. The minimum atomic E-state index is -0.844. The number of carbonyl (C=O) groups excluding carboxylic acids is 1. The number of hydrogen-bond acceptors (Lipinski definition) is 3. The summed E-state index contributed by atoms with van der Waals surface area (Å²) in [6.07, 6.45) is 0.783. The van der Waals surface area contributed by atoms with Crippen molar-refractivity contribution in [2.75, 3.05) is 6.54 Å². The largest absolute Gasteiger partial charge is 0.481 e. The van der Waals surface area contributed by atoms with Crippen molar-refractivity contribution < 1.29 is 23.8 Å². The Morgan fingerprint density at radius 3 is 2.46 bits per heavy atom. The molecule has 1 N–H and O–H groups in total. The Hall–Kier alpha value is -2.11. The highest BCUT2D eigenvalue weighted by atomic mass is 19.1. The molecule has 2 unspecified atom stereocenters. The van der Waals surface area contributed by atoms with Gasteiger partial charge in [-0.15, -0.1) is 0 Å². The van der Waals surface area contributed by atoms with Crippen LogP contribution in [0.4, 0.5) is 9.18 Å². The monoisotopic (exact) mass is 337 g/mol. The number of amides is 1. The van der Waals surface area contributed by atoms with Crippen molar-refractivity contribution in [3.8, 4) is 0 Å². The first-order valence-corrected chi connectivity index (χ1v) is 8.12. The third kappa shape index (κ3) is 4.94. The Morgan fingerprint density at radius 2 is 1.92 bits per heavy atom. The van der Waals surface area contributed by atoms with Gasteiger partial charge in [-0.25, -0.2) is 9.18 Å². The van der Waals surface area contributed by atoms with Gasteiger partial charge in [-0.1, -0.05) is 12.1 Å². The molecule has 1 heterocycles. The van der Waals surface area contributed by atoms with Crippen molar-refractivity contribution in [3.05, 3.63) is 35.6 Å². The minimum absolute atomic E-state index is 0.0174. The smallest absolute Gasteiger partial charge is 0.410 e. The van der Waals surface area contributed by atoms with Crippen molar-refractivity contribution in [2.24, 2.45) is 5.92 Å². The average Bonchev–Trinajstić information content (AvgIpc) is 2.45. The molecule has 0 bridgehead atoms. The number of halogens is 1. The van der Waals surface area contributed by atoms with E-state index in [1.807, 2.05) is 0 Å². The number of ether oxygens (including phenoxy) is 1. The standard InChI is InChI=1S/C18H24FNO4/c1-18(2,3)24-17(23)20-9-8-12(11-16(21)22)10-15(20)13-4-6-14(19)7-5-13/h4-7,12,15H,8-11H2,1-3H3,(H,21,22). The Bertz CT molecular complexity index is 594. The fourth-order valence-corrected chi connectivity index (χ4v) is 3.01. The molecule has 1 saturated heterocycles. The highest BCUT2D eigenvalue weighted by Gasteiger charge is 2.35. The number of carbonyl (C=O) groups is 2. The number of carboxylic acids is 1. The van der Waals surface area contributed by atoms with Crippen LogP contribution in [-0.2, 0) is 9.53 Å². The highest BCUT2D eigenvalue weighted by molar-refractivity contribution is 5.69. The van der Waals surface area contributed by atoms with Crippen LogP contribution in [-0.4, -0.2) is 34.2 Å². The Morgan fingerprint density at radius 1 is 1.29 bits per heavy atom. The van der Waals surface area contributed by atoms with E-state index in [-0.39, 0.29) is 24.2 Å². The molecule has 132 valence electrons. The summed E-state index contributed by atoms with van der Waals surface area (Å²) in [4.78, 5) is 25.1. The molecule has 2 rings (SSSR count). The van der Waals surface area contributed by atoms with E-state index < -0.39 is 17.7 Å². The molecule has 24 heavy (non-hydrogen) atoms. The Balaban J connectivity index is 2.22. The van der Waals surface area contributed by atoms with Gasteiger partial charge in [0.25, 0.3) is 0 Å². The van der Waals surface area contributed by atoms with Gasteiger partial charge in [0.1, 0.15) is 11.4 Å². The number of benzene rings is 1. The van der Waals surface area contributed by atoms with E-state index in [0.29, 0.717) is 19.4 Å². The van der Waals surface area contributed by atoms with E-state index in [9.17, 15) is 14.0 Å². The number of likely N-dealkylation sites (tertiary alicyclic amines) is 1. The summed E-state index contributed by atoms with van der Waals surface area (Å²) in [7, 11) is 0. The second-order valence-electron chi connectivity index (χ2n) is 7.23. The Kier molecular flexibility index (Phi) is 5.47. The highest BCUT2D eigenvalue weighted by Crippen LogP contribution is 2.36. The van der Waals surface area contributed by atoms with Crippen molar-refractivity contribution >= 4 is 12.1 Å². The van der Waals surface area contributed by atoms with E-state index in [0.717, 1.165) is 5.56 Å². The third-order valence-corrected chi connectivity index (χ3v) is 4.06. The summed E-state index contributed by atoms with van der Waals surface area (Å²) in [5.41, 5.74) is 0.180. The average molecular weight is 337 g/mol. The van der Waals surface area contributed by atoms with Crippen molar-refractivity contribution in [1.29, 1.82) is 0 Å². The fraction of sp³-hybridized carbons (Fsp3) is 0.556. The minimum Gasteiger partial charge on any atom is -0.481 e. The predicted octanol–water partition coefficient (Wildman–Crippen LogP) is 3.99. The maximum absolute atomic E-state index is 13.2. The van der Waals surface area contributed by atoms with Gasteiger partial charge in [0.15, 0.2) is 0 Å². The second-order valence-corrected chi connectivity index (χ2v) is 7.23. The summed E-state index contributed by atoms with van der Waals surface area (Å²) in [6, 6.07) is 5.67. The first-order chi connectivity index (χ1) is 11.2.